The minimum absolute atomic E-state index is 0.0000945. The number of hydrogen-bond donors (Lipinski definition) is 1. The van der Waals surface area contributed by atoms with Crippen molar-refractivity contribution < 1.29 is 9.59 Å². The molecule has 1 aliphatic heterocycles. The Morgan fingerprint density at radius 3 is 2.21 bits per heavy atom. The average Bonchev–Trinajstić information content (AvgIpc) is 2.55. The summed E-state index contributed by atoms with van der Waals surface area (Å²) in [6.45, 7) is 12.6. The van der Waals surface area contributed by atoms with Crippen molar-refractivity contribution in [2.24, 2.45) is 5.41 Å². The van der Waals surface area contributed by atoms with Gasteiger partial charge in [-0.3, -0.25) is 14.5 Å². The van der Waals surface area contributed by atoms with Gasteiger partial charge in [-0.1, -0.05) is 39.0 Å². The number of aryl methyl sites for hydroxylation is 1. The number of benzene rings is 1. The van der Waals surface area contributed by atoms with Crippen molar-refractivity contribution in [1.82, 2.24) is 9.80 Å². The van der Waals surface area contributed by atoms with Gasteiger partial charge in [0, 0.05) is 37.3 Å². The summed E-state index contributed by atoms with van der Waals surface area (Å²) in [4.78, 5) is 28.9. The van der Waals surface area contributed by atoms with Crippen molar-refractivity contribution in [3.8, 4) is 0 Å². The zero-order valence-electron chi connectivity index (χ0n) is 15.4. The Bertz CT molecular complexity index is 599. The van der Waals surface area contributed by atoms with E-state index in [2.05, 4.69) is 10.2 Å². The number of nitrogens with one attached hydrogen (secondary N) is 1. The molecule has 1 aromatic carbocycles. The second-order valence-corrected chi connectivity index (χ2v) is 7.56. The van der Waals surface area contributed by atoms with Crippen LogP contribution in [0.15, 0.2) is 24.3 Å². The molecule has 1 unspecified atom stereocenters. The van der Waals surface area contributed by atoms with E-state index in [0.29, 0.717) is 13.1 Å². The molecule has 0 spiro atoms. The number of nitrogens with zero attached hydrogens (tertiary/aromatic N) is 2. The molecule has 0 aromatic heterocycles. The SMILES string of the molecule is Cc1ccccc1NC(=O)C(C)N1CCN(C(=O)C(C)(C)C)CC1. The summed E-state index contributed by atoms with van der Waals surface area (Å²) in [6.07, 6.45) is 0. The Hall–Kier alpha value is -1.88. The van der Waals surface area contributed by atoms with Gasteiger partial charge in [0.1, 0.15) is 0 Å². The molecular weight excluding hydrogens is 302 g/mol. The lowest BCUT2D eigenvalue weighted by Crippen LogP contribution is -2.55. The summed E-state index contributed by atoms with van der Waals surface area (Å²) in [6, 6.07) is 7.57. The Morgan fingerprint density at radius 1 is 1.08 bits per heavy atom. The quantitative estimate of drug-likeness (QED) is 0.926. The van der Waals surface area contributed by atoms with Gasteiger partial charge in [-0.15, -0.1) is 0 Å². The molecule has 5 heteroatoms. The van der Waals surface area contributed by atoms with E-state index in [4.69, 9.17) is 0 Å². The standard InChI is InChI=1S/C19H29N3O2/c1-14-8-6-7-9-16(14)20-17(23)15(2)21-10-12-22(13-11-21)18(24)19(3,4)5/h6-9,15H,10-13H2,1-5H3,(H,20,23). The summed E-state index contributed by atoms with van der Waals surface area (Å²) in [5.74, 6) is 0.180. The van der Waals surface area contributed by atoms with E-state index in [1.54, 1.807) is 0 Å². The highest BCUT2D eigenvalue weighted by Gasteiger charge is 2.32. The van der Waals surface area contributed by atoms with Crippen LogP contribution in [-0.4, -0.2) is 53.8 Å². The molecule has 1 fully saturated rings. The fourth-order valence-electron chi connectivity index (χ4n) is 2.90. The van der Waals surface area contributed by atoms with Crippen LogP contribution in [0.5, 0.6) is 0 Å². The van der Waals surface area contributed by atoms with Crippen molar-refractivity contribution in [2.45, 2.75) is 40.7 Å². The maximum absolute atomic E-state index is 12.5. The van der Waals surface area contributed by atoms with Crippen LogP contribution in [0.2, 0.25) is 0 Å². The predicted octanol–water partition coefficient (Wildman–Crippen LogP) is 2.51. The van der Waals surface area contributed by atoms with E-state index in [1.807, 2.05) is 63.8 Å². The van der Waals surface area contributed by atoms with Gasteiger partial charge in [0.05, 0.1) is 6.04 Å². The third kappa shape index (κ3) is 4.35. The van der Waals surface area contributed by atoms with Gasteiger partial charge in [0.2, 0.25) is 11.8 Å². The molecule has 5 nitrogen and oxygen atoms in total. The minimum atomic E-state index is -0.351. The molecule has 0 radical (unpaired) electrons. The summed E-state index contributed by atoms with van der Waals surface area (Å²) in [7, 11) is 0. The lowest BCUT2D eigenvalue weighted by atomic mass is 9.94. The second kappa shape index (κ2) is 7.34. The normalized spacial score (nSPS) is 17.5. The summed E-state index contributed by atoms with van der Waals surface area (Å²) < 4.78 is 0. The fourth-order valence-corrected chi connectivity index (χ4v) is 2.90. The maximum atomic E-state index is 12.5. The van der Waals surface area contributed by atoms with Crippen molar-refractivity contribution in [2.75, 3.05) is 31.5 Å². The maximum Gasteiger partial charge on any atom is 0.241 e. The highest BCUT2D eigenvalue weighted by molar-refractivity contribution is 5.95. The van der Waals surface area contributed by atoms with E-state index in [0.717, 1.165) is 24.3 Å². The molecule has 1 heterocycles. The number of amides is 2. The van der Waals surface area contributed by atoms with Crippen LogP contribution < -0.4 is 5.32 Å². The number of para-hydroxylation sites is 1. The van der Waals surface area contributed by atoms with Gasteiger partial charge in [0.15, 0.2) is 0 Å². The van der Waals surface area contributed by atoms with Gasteiger partial charge < -0.3 is 10.2 Å². The molecule has 1 aromatic rings. The van der Waals surface area contributed by atoms with E-state index in [-0.39, 0.29) is 23.3 Å². The van der Waals surface area contributed by atoms with Gasteiger partial charge in [-0.05, 0) is 25.5 Å². The molecule has 24 heavy (non-hydrogen) atoms. The lowest BCUT2D eigenvalue weighted by molar-refractivity contribution is -0.141. The number of rotatable bonds is 3. The third-order valence-corrected chi connectivity index (χ3v) is 4.57. The number of hydrogen-bond acceptors (Lipinski definition) is 3. The summed E-state index contributed by atoms with van der Waals surface area (Å²) >= 11 is 0. The number of piperazine rings is 1. The Balaban J connectivity index is 1.90. The third-order valence-electron chi connectivity index (χ3n) is 4.57. The molecule has 1 N–H and O–H groups in total. The van der Waals surface area contributed by atoms with E-state index >= 15 is 0 Å². The summed E-state index contributed by atoms with van der Waals surface area (Å²) in [5, 5.41) is 3.00. The van der Waals surface area contributed by atoms with Gasteiger partial charge in [-0.2, -0.15) is 0 Å². The van der Waals surface area contributed by atoms with Gasteiger partial charge >= 0.3 is 0 Å². The Labute approximate surface area is 145 Å². The van der Waals surface area contributed by atoms with Crippen LogP contribution in [-0.2, 0) is 9.59 Å². The van der Waals surface area contributed by atoms with E-state index in [9.17, 15) is 9.59 Å². The van der Waals surface area contributed by atoms with Crippen LogP contribution in [0.3, 0.4) is 0 Å². The minimum Gasteiger partial charge on any atom is -0.340 e. The first-order valence-electron chi connectivity index (χ1n) is 8.60. The summed E-state index contributed by atoms with van der Waals surface area (Å²) in [5.41, 5.74) is 1.56. The molecule has 0 aliphatic carbocycles. The molecule has 0 saturated carbocycles. The lowest BCUT2D eigenvalue weighted by Gasteiger charge is -2.39. The zero-order valence-corrected chi connectivity index (χ0v) is 15.4. The molecule has 1 aliphatic rings. The predicted molar refractivity (Wildman–Crippen MR) is 96.9 cm³/mol. The van der Waals surface area contributed by atoms with Gasteiger partial charge in [0.25, 0.3) is 0 Å². The second-order valence-electron chi connectivity index (χ2n) is 7.56. The Morgan fingerprint density at radius 2 is 1.67 bits per heavy atom. The monoisotopic (exact) mass is 331 g/mol. The first-order chi connectivity index (χ1) is 11.2. The molecule has 1 saturated heterocycles. The van der Waals surface area contributed by atoms with Crippen LogP contribution in [0.4, 0.5) is 5.69 Å². The molecular formula is C19H29N3O2. The van der Waals surface area contributed by atoms with Crippen LogP contribution in [0, 0.1) is 12.3 Å². The molecule has 132 valence electrons. The molecule has 0 bridgehead atoms. The largest absolute Gasteiger partial charge is 0.340 e. The topological polar surface area (TPSA) is 52.7 Å². The highest BCUT2D eigenvalue weighted by Crippen LogP contribution is 2.20. The highest BCUT2D eigenvalue weighted by atomic mass is 16.2. The van der Waals surface area contributed by atoms with Crippen LogP contribution in [0.1, 0.15) is 33.3 Å². The van der Waals surface area contributed by atoms with Gasteiger partial charge in [-0.25, -0.2) is 0 Å². The van der Waals surface area contributed by atoms with E-state index < -0.39 is 0 Å². The zero-order chi connectivity index (χ0) is 17.9. The van der Waals surface area contributed by atoms with E-state index in [1.165, 1.54) is 0 Å². The number of carbonyl (C=O) groups is 2. The van der Waals surface area contributed by atoms with Crippen molar-refractivity contribution in [3.63, 3.8) is 0 Å². The first kappa shape index (κ1) is 18.5. The smallest absolute Gasteiger partial charge is 0.241 e. The van der Waals surface area contributed by atoms with Crippen molar-refractivity contribution in [1.29, 1.82) is 0 Å². The Kier molecular flexibility index (Phi) is 5.65. The average molecular weight is 331 g/mol. The fraction of sp³-hybridized carbons (Fsp3) is 0.579. The molecule has 2 amide bonds. The van der Waals surface area contributed by atoms with Crippen molar-refractivity contribution in [3.05, 3.63) is 29.8 Å². The number of carbonyl (C=O) groups excluding carboxylic acids is 2. The molecule has 2 rings (SSSR count). The van der Waals surface area contributed by atoms with Crippen molar-refractivity contribution >= 4 is 17.5 Å². The number of anilines is 1. The first-order valence-corrected chi connectivity index (χ1v) is 8.60. The van der Waals surface area contributed by atoms with Crippen LogP contribution in [0.25, 0.3) is 0 Å². The molecule has 1 atom stereocenters. The van der Waals surface area contributed by atoms with Crippen LogP contribution >= 0.6 is 0 Å².